The van der Waals surface area contributed by atoms with Crippen LogP contribution in [0, 0.1) is 0 Å². The Morgan fingerprint density at radius 1 is 1.32 bits per heavy atom. The highest BCUT2D eigenvalue weighted by atomic mass is 16.5. The van der Waals surface area contributed by atoms with Crippen molar-refractivity contribution in [2.75, 3.05) is 27.2 Å². The van der Waals surface area contributed by atoms with Gasteiger partial charge in [-0.1, -0.05) is 30.3 Å². The second-order valence-electron chi connectivity index (χ2n) is 5.21. The number of hydrogen-bond donors (Lipinski definition) is 1. The van der Waals surface area contributed by atoms with Crippen LogP contribution < -0.4 is 5.32 Å². The van der Waals surface area contributed by atoms with Gasteiger partial charge >= 0.3 is 0 Å². The van der Waals surface area contributed by atoms with Crippen molar-refractivity contribution in [2.24, 2.45) is 4.99 Å². The number of ether oxygens (including phenoxy) is 1. The van der Waals surface area contributed by atoms with Gasteiger partial charge in [-0.25, -0.2) is 0 Å². The van der Waals surface area contributed by atoms with Gasteiger partial charge in [-0.15, -0.1) is 6.58 Å². The van der Waals surface area contributed by atoms with Crippen LogP contribution in [0.2, 0.25) is 0 Å². The third-order valence-electron chi connectivity index (χ3n) is 3.42. The molecule has 0 radical (unpaired) electrons. The zero-order chi connectivity index (χ0) is 16.2. The lowest BCUT2D eigenvalue weighted by molar-refractivity contribution is 0.134. The number of allylic oxidation sites excluding steroid dienone is 1. The van der Waals surface area contributed by atoms with Crippen LogP contribution in [0.4, 0.5) is 0 Å². The molecule has 1 aromatic carbocycles. The molecule has 0 saturated heterocycles. The van der Waals surface area contributed by atoms with Crippen LogP contribution in [-0.2, 0) is 17.9 Å². The molecule has 0 unspecified atom stereocenters. The van der Waals surface area contributed by atoms with E-state index in [9.17, 15) is 0 Å². The van der Waals surface area contributed by atoms with Gasteiger partial charge in [-0.2, -0.15) is 0 Å². The predicted molar refractivity (Wildman–Crippen MR) is 94.0 cm³/mol. The highest BCUT2D eigenvalue weighted by molar-refractivity contribution is 5.79. The van der Waals surface area contributed by atoms with Crippen LogP contribution in [0.1, 0.15) is 30.9 Å². The summed E-state index contributed by atoms with van der Waals surface area (Å²) in [5.41, 5.74) is 2.44. The number of rotatable bonds is 9. The standard InChI is InChI=1S/C18H29N3O/c1-5-7-8-13-21(4)18(19-3)20-14-16-9-11-17(12-10-16)15-22-6-2/h5,9-12H,1,6-8,13-15H2,2-4H3,(H,19,20). The molecule has 1 rings (SSSR count). The van der Waals surface area contributed by atoms with Crippen molar-refractivity contribution in [3.05, 3.63) is 48.0 Å². The molecule has 1 aromatic rings. The Balaban J connectivity index is 2.43. The number of benzene rings is 1. The zero-order valence-corrected chi connectivity index (χ0v) is 14.1. The molecule has 4 nitrogen and oxygen atoms in total. The van der Waals surface area contributed by atoms with E-state index in [2.05, 4.69) is 53.1 Å². The van der Waals surface area contributed by atoms with Gasteiger partial charge in [0, 0.05) is 33.8 Å². The van der Waals surface area contributed by atoms with E-state index in [1.54, 1.807) is 0 Å². The monoisotopic (exact) mass is 303 g/mol. The molecule has 0 saturated carbocycles. The molecule has 0 heterocycles. The number of aliphatic imine (C=N–C) groups is 1. The fourth-order valence-corrected chi connectivity index (χ4v) is 2.12. The molecule has 22 heavy (non-hydrogen) atoms. The maximum atomic E-state index is 5.40. The maximum absolute atomic E-state index is 5.40. The zero-order valence-electron chi connectivity index (χ0n) is 14.1. The van der Waals surface area contributed by atoms with E-state index in [4.69, 9.17) is 4.74 Å². The number of nitrogens with zero attached hydrogens (tertiary/aromatic N) is 2. The summed E-state index contributed by atoms with van der Waals surface area (Å²) in [6, 6.07) is 8.49. The molecule has 0 aliphatic carbocycles. The number of hydrogen-bond acceptors (Lipinski definition) is 2. The van der Waals surface area contributed by atoms with Gasteiger partial charge in [0.15, 0.2) is 5.96 Å². The summed E-state index contributed by atoms with van der Waals surface area (Å²) >= 11 is 0. The number of nitrogens with one attached hydrogen (secondary N) is 1. The molecule has 0 aromatic heterocycles. The van der Waals surface area contributed by atoms with Gasteiger partial charge in [-0.3, -0.25) is 4.99 Å². The highest BCUT2D eigenvalue weighted by Gasteiger charge is 2.04. The minimum Gasteiger partial charge on any atom is -0.377 e. The summed E-state index contributed by atoms with van der Waals surface area (Å²) in [5.74, 6) is 0.919. The van der Waals surface area contributed by atoms with Gasteiger partial charge in [0.1, 0.15) is 0 Å². The Bertz CT molecular complexity index is 454. The van der Waals surface area contributed by atoms with Gasteiger partial charge in [0.25, 0.3) is 0 Å². The molecule has 0 bridgehead atoms. The first-order valence-corrected chi connectivity index (χ1v) is 7.89. The molecular formula is C18H29N3O. The summed E-state index contributed by atoms with van der Waals surface area (Å²) in [6.07, 6.45) is 4.07. The lowest BCUT2D eigenvalue weighted by atomic mass is 10.1. The quantitative estimate of drug-likeness (QED) is 0.329. The van der Waals surface area contributed by atoms with Gasteiger partial charge in [-0.05, 0) is 30.9 Å². The average Bonchev–Trinajstić information content (AvgIpc) is 2.55. The Morgan fingerprint density at radius 3 is 2.59 bits per heavy atom. The Kier molecular flexibility index (Phi) is 9.00. The Hall–Kier alpha value is -1.81. The van der Waals surface area contributed by atoms with Gasteiger partial charge in [0.2, 0.25) is 0 Å². The second-order valence-corrected chi connectivity index (χ2v) is 5.21. The smallest absolute Gasteiger partial charge is 0.193 e. The van der Waals surface area contributed by atoms with Crippen molar-refractivity contribution in [3.63, 3.8) is 0 Å². The SMILES string of the molecule is C=CCCCN(C)C(=NC)NCc1ccc(COCC)cc1. The molecule has 0 spiro atoms. The number of guanidine groups is 1. The van der Waals surface area contributed by atoms with E-state index < -0.39 is 0 Å². The van der Waals surface area contributed by atoms with E-state index in [-0.39, 0.29) is 0 Å². The van der Waals surface area contributed by atoms with E-state index in [0.29, 0.717) is 6.61 Å². The maximum Gasteiger partial charge on any atom is 0.193 e. The average molecular weight is 303 g/mol. The van der Waals surface area contributed by atoms with E-state index in [1.165, 1.54) is 11.1 Å². The molecule has 0 atom stereocenters. The van der Waals surface area contributed by atoms with Gasteiger partial charge < -0.3 is 15.0 Å². The molecule has 1 N–H and O–H groups in total. The molecule has 0 aliphatic heterocycles. The predicted octanol–water partition coefficient (Wildman–Crippen LogP) is 3.20. The molecule has 0 aliphatic rings. The van der Waals surface area contributed by atoms with Crippen LogP contribution in [0.5, 0.6) is 0 Å². The lowest BCUT2D eigenvalue weighted by Gasteiger charge is -2.22. The van der Waals surface area contributed by atoms with Crippen LogP contribution >= 0.6 is 0 Å². The van der Waals surface area contributed by atoms with Crippen molar-refractivity contribution in [2.45, 2.75) is 32.9 Å². The second kappa shape index (κ2) is 10.9. The summed E-state index contributed by atoms with van der Waals surface area (Å²) in [6.45, 7) is 8.93. The largest absolute Gasteiger partial charge is 0.377 e. The van der Waals surface area contributed by atoms with Crippen LogP contribution in [0.3, 0.4) is 0 Å². The first-order valence-electron chi connectivity index (χ1n) is 7.89. The van der Waals surface area contributed by atoms with Crippen molar-refractivity contribution in [1.29, 1.82) is 0 Å². The van der Waals surface area contributed by atoms with E-state index in [0.717, 1.165) is 38.5 Å². The minimum atomic E-state index is 0.678. The molecule has 4 heteroatoms. The van der Waals surface area contributed by atoms with E-state index >= 15 is 0 Å². The normalized spacial score (nSPS) is 11.3. The summed E-state index contributed by atoms with van der Waals surface area (Å²) < 4.78 is 5.40. The fourth-order valence-electron chi connectivity index (χ4n) is 2.12. The third kappa shape index (κ3) is 6.76. The van der Waals surface area contributed by atoms with Crippen molar-refractivity contribution in [1.82, 2.24) is 10.2 Å². The topological polar surface area (TPSA) is 36.9 Å². The number of unbranched alkanes of at least 4 members (excludes halogenated alkanes) is 1. The van der Waals surface area contributed by atoms with Crippen molar-refractivity contribution >= 4 is 5.96 Å². The van der Waals surface area contributed by atoms with Gasteiger partial charge in [0.05, 0.1) is 6.61 Å². The Labute approximate surface area is 134 Å². The van der Waals surface area contributed by atoms with Crippen LogP contribution in [0.15, 0.2) is 41.9 Å². The Morgan fingerprint density at radius 2 is 2.00 bits per heavy atom. The minimum absolute atomic E-state index is 0.678. The molecule has 0 fully saturated rings. The van der Waals surface area contributed by atoms with Crippen molar-refractivity contribution in [3.8, 4) is 0 Å². The first kappa shape index (κ1) is 18.2. The fraction of sp³-hybridized carbons (Fsp3) is 0.500. The molecular weight excluding hydrogens is 274 g/mol. The summed E-state index contributed by atoms with van der Waals surface area (Å²) in [7, 11) is 3.88. The summed E-state index contributed by atoms with van der Waals surface area (Å²) in [4.78, 5) is 6.47. The van der Waals surface area contributed by atoms with Crippen molar-refractivity contribution < 1.29 is 4.74 Å². The molecule has 0 amide bonds. The highest BCUT2D eigenvalue weighted by Crippen LogP contribution is 2.06. The van der Waals surface area contributed by atoms with Crippen LogP contribution in [-0.4, -0.2) is 38.1 Å². The lowest BCUT2D eigenvalue weighted by Crippen LogP contribution is -2.38. The van der Waals surface area contributed by atoms with Crippen LogP contribution in [0.25, 0.3) is 0 Å². The molecule has 122 valence electrons. The summed E-state index contributed by atoms with van der Waals surface area (Å²) in [5, 5.41) is 3.39. The van der Waals surface area contributed by atoms with E-state index in [1.807, 2.05) is 20.0 Å². The third-order valence-corrected chi connectivity index (χ3v) is 3.42. The first-order chi connectivity index (χ1) is 10.7.